The number of quaternary nitrogens is 1. The predicted octanol–water partition coefficient (Wildman–Crippen LogP) is 1.20. The Morgan fingerprint density at radius 3 is 2.62 bits per heavy atom. The molecule has 1 fully saturated rings. The molecule has 1 aliphatic heterocycles. The number of carbonyl (C=O) groups excluding carboxylic acids is 1. The Kier molecular flexibility index (Phi) is 5.88. The van der Waals surface area contributed by atoms with Gasteiger partial charge in [-0.2, -0.15) is 0 Å². The van der Waals surface area contributed by atoms with Crippen LogP contribution in [-0.4, -0.2) is 44.7 Å². The molecule has 2 N–H and O–H groups in total. The number of thiophene rings is 1. The predicted molar refractivity (Wildman–Crippen MR) is 99.8 cm³/mol. The van der Waals surface area contributed by atoms with E-state index in [2.05, 4.69) is 52.0 Å². The molecule has 1 aromatic carbocycles. The Hall–Kier alpha value is -1.85. The van der Waals surface area contributed by atoms with Gasteiger partial charge in [0.1, 0.15) is 0 Å². The molecular formula is C19H26N3OS+. The first-order valence-corrected chi connectivity index (χ1v) is 9.56. The maximum absolute atomic E-state index is 12.4. The van der Waals surface area contributed by atoms with Gasteiger partial charge in [-0.3, -0.25) is 4.79 Å². The third kappa shape index (κ3) is 4.36. The van der Waals surface area contributed by atoms with E-state index in [9.17, 15) is 4.79 Å². The topological polar surface area (TPSA) is 36.8 Å². The fourth-order valence-electron chi connectivity index (χ4n) is 3.23. The van der Waals surface area contributed by atoms with Crippen molar-refractivity contribution in [2.75, 3.05) is 37.6 Å². The molecule has 2 aromatic rings. The average molecular weight is 345 g/mol. The molecule has 0 radical (unpaired) electrons. The van der Waals surface area contributed by atoms with Crippen molar-refractivity contribution in [2.45, 2.75) is 19.4 Å². The van der Waals surface area contributed by atoms with E-state index < -0.39 is 0 Å². The number of nitrogens with one attached hydrogen (secondary N) is 2. The van der Waals surface area contributed by atoms with Gasteiger partial charge in [0.05, 0.1) is 26.2 Å². The van der Waals surface area contributed by atoms with Gasteiger partial charge in [-0.05, 0) is 36.9 Å². The molecule has 0 spiro atoms. The number of para-hydroxylation sites is 1. The molecule has 5 heteroatoms. The molecular weight excluding hydrogens is 318 g/mol. The Balaban J connectivity index is 1.42. The smallest absolute Gasteiger partial charge is 0.278 e. The lowest BCUT2D eigenvalue weighted by Crippen LogP contribution is -3.19. The quantitative estimate of drug-likeness (QED) is 0.826. The Labute approximate surface area is 148 Å². The number of amides is 1. The summed E-state index contributed by atoms with van der Waals surface area (Å²) in [6, 6.07) is 14.7. The van der Waals surface area contributed by atoms with Crippen LogP contribution in [0.15, 0.2) is 47.8 Å². The van der Waals surface area contributed by atoms with Crippen molar-refractivity contribution in [2.24, 2.45) is 0 Å². The summed E-state index contributed by atoms with van der Waals surface area (Å²) >= 11 is 1.75. The molecule has 1 atom stereocenters. The van der Waals surface area contributed by atoms with Gasteiger partial charge in [-0.1, -0.05) is 24.3 Å². The minimum Gasteiger partial charge on any atom is -0.360 e. The van der Waals surface area contributed by atoms with Crippen LogP contribution in [0.25, 0.3) is 0 Å². The largest absolute Gasteiger partial charge is 0.360 e. The molecule has 2 heterocycles. The summed E-state index contributed by atoms with van der Waals surface area (Å²) in [7, 11) is 0. The monoisotopic (exact) mass is 344 g/mol. The molecule has 0 saturated carbocycles. The maximum atomic E-state index is 12.4. The Bertz CT molecular complexity index is 621. The lowest BCUT2D eigenvalue weighted by atomic mass is 10.2. The van der Waals surface area contributed by atoms with Crippen LogP contribution >= 0.6 is 11.3 Å². The zero-order valence-corrected chi connectivity index (χ0v) is 15.0. The van der Waals surface area contributed by atoms with Gasteiger partial charge in [0, 0.05) is 17.1 Å². The van der Waals surface area contributed by atoms with E-state index in [1.807, 2.05) is 13.0 Å². The number of hydrogen-bond acceptors (Lipinski definition) is 3. The van der Waals surface area contributed by atoms with Crippen LogP contribution in [0.2, 0.25) is 0 Å². The van der Waals surface area contributed by atoms with E-state index in [1.54, 1.807) is 11.3 Å². The number of piperazine rings is 1. The Morgan fingerprint density at radius 1 is 1.21 bits per heavy atom. The molecule has 1 amide bonds. The second-order valence-corrected chi connectivity index (χ2v) is 7.36. The SMILES string of the molecule is C[C@@H](C(=O)NCCc1cccs1)[NH+]1CCN(c2ccccc2)CC1. The van der Waals surface area contributed by atoms with Crippen LogP contribution in [0.5, 0.6) is 0 Å². The lowest BCUT2D eigenvalue weighted by molar-refractivity contribution is -0.914. The highest BCUT2D eigenvalue weighted by molar-refractivity contribution is 7.09. The summed E-state index contributed by atoms with van der Waals surface area (Å²) in [5, 5.41) is 5.17. The number of rotatable bonds is 6. The summed E-state index contributed by atoms with van der Waals surface area (Å²) in [5.41, 5.74) is 1.28. The fourth-order valence-corrected chi connectivity index (χ4v) is 3.94. The van der Waals surface area contributed by atoms with E-state index in [4.69, 9.17) is 0 Å². The molecule has 1 aromatic heterocycles. The third-order valence-corrected chi connectivity index (χ3v) is 5.72. The van der Waals surface area contributed by atoms with Crippen molar-refractivity contribution in [1.29, 1.82) is 0 Å². The van der Waals surface area contributed by atoms with Gasteiger partial charge in [0.2, 0.25) is 0 Å². The summed E-state index contributed by atoms with van der Waals surface area (Å²) in [4.78, 5) is 17.5. The lowest BCUT2D eigenvalue weighted by Gasteiger charge is -2.36. The zero-order chi connectivity index (χ0) is 16.8. The van der Waals surface area contributed by atoms with Crippen LogP contribution in [-0.2, 0) is 11.2 Å². The molecule has 0 aliphatic carbocycles. The van der Waals surface area contributed by atoms with Gasteiger partial charge in [0.25, 0.3) is 5.91 Å². The van der Waals surface area contributed by atoms with Gasteiger partial charge >= 0.3 is 0 Å². The van der Waals surface area contributed by atoms with E-state index in [1.165, 1.54) is 15.5 Å². The highest BCUT2D eigenvalue weighted by atomic mass is 32.1. The highest BCUT2D eigenvalue weighted by Gasteiger charge is 2.28. The minimum atomic E-state index is 0.0197. The van der Waals surface area contributed by atoms with Crippen molar-refractivity contribution in [3.63, 3.8) is 0 Å². The first-order chi connectivity index (χ1) is 11.7. The van der Waals surface area contributed by atoms with Gasteiger partial charge < -0.3 is 15.1 Å². The Morgan fingerprint density at radius 2 is 1.96 bits per heavy atom. The maximum Gasteiger partial charge on any atom is 0.278 e. The second-order valence-electron chi connectivity index (χ2n) is 6.32. The van der Waals surface area contributed by atoms with E-state index in [0.717, 1.165) is 39.1 Å². The van der Waals surface area contributed by atoms with E-state index in [-0.39, 0.29) is 11.9 Å². The summed E-state index contributed by atoms with van der Waals surface area (Å²) in [6.07, 6.45) is 0.924. The summed E-state index contributed by atoms with van der Waals surface area (Å²) < 4.78 is 0. The van der Waals surface area contributed by atoms with Crippen LogP contribution in [0.1, 0.15) is 11.8 Å². The van der Waals surface area contributed by atoms with Crippen LogP contribution < -0.4 is 15.1 Å². The minimum absolute atomic E-state index is 0.0197. The van der Waals surface area contributed by atoms with E-state index >= 15 is 0 Å². The molecule has 3 rings (SSSR count). The molecule has 4 nitrogen and oxygen atoms in total. The average Bonchev–Trinajstić information content (AvgIpc) is 3.15. The second kappa shape index (κ2) is 8.31. The molecule has 1 aliphatic rings. The van der Waals surface area contributed by atoms with Crippen molar-refractivity contribution in [3.8, 4) is 0 Å². The fraction of sp³-hybridized carbons (Fsp3) is 0.421. The van der Waals surface area contributed by atoms with Crippen molar-refractivity contribution >= 4 is 22.9 Å². The van der Waals surface area contributed by atoms with Crippen molar-refractivity contribution in [3.05, 3.63) is 52.7 Å². The standard InChI is InChI=1S/C19H25N3OS/c1-16(19(23)20-10-9-18-8-5-15-24-18)21-11-13-22(14-12-21)17-6-3-2-4-7-17/h2-8,15-16H,9-14H2,1H3,(H,20,23)/p+1/t16-/m0/s1. The van der Waals surface area contributed by atoms with Crippen molar-refractivity contribution in [1.82, 2.24) is 5.32 Å². The summed E-state index contributed by atoms with van der Waals surface area (Å²) in [6.45, 7) is 6.81. The summed E-state index contributed by atoms with van der Waals surface area (Å²) in [5.74, 6) is 0.176. The van der Waals surface area contributed by atoms with Gasteiger partial charge in [-0.15, -0.1) is 11.3 Å². The number of carbonyl (C=O) groups is 1. The first kappa shape index (κ1) is 17.0. The zero-order valence-electron chi connectivity index (χ0n) is 14.2. The van der Waals surface area contributed by atoms with E-state index in [0.29, 0.717) is 0 Å². The highest BCUT2D eigenvalue weighted by Crippen LogP contribution is 2.12. The number of benzene rings is 1. The molecule has 24 heavy (non-hydrogen) atoms. The van der Waals surface area contributed by atoms with Crippen LogP contribution in [0.4, 0.5) is 5.69 Å². The third-order valence-electron chi connectivity index (χ3n) is 4.78. The molecule has 0 bridgehead atoms. The van der Waals surface area contributed by atoms with Gasteiger partial charge in [-0.25, -0.2) is 0 Å². The number of anilines is 1. The normalized spacial score (nSPS) is 16.8. The number of nitrogens with zero attached hydrogens (tertiary/aromatic N) is 1. The number of hydrogen-bond donors (Lipinski definition) is 2. The van der Waals surface area contributed by atoms with Crippen LogP contribution in [0.3, 0.4) is 0 Å². The van der Waals surface area contributed by atoms with Crippen LogP contribution in [0, 0.1) is 0 Å². The van der Waals surface area contributed by atoms with Crippen molar-refractivity contribution < 1.29 is 9.69 Å². The molecule has 0 unspecified atom stereocenters. The molecule has 1 saturated heterocycles. The molecule has 128 valence electrons. The van der Waals surface area contributed by atoms with Gasteiger partial charge in [0.15, 0.2) is 6.04 Å². The first-order valence-electron chi connectivity index (χ1n) is 8.68.